The summed E-state index contributed by atoms with van der Waals surface area (Å²) in [6, 6.07) is 52.2. The van der Waals surface area contributed by atoms with Crippen LogP contribution in [-0.4, -0.2) is 23.2 Å². The van der Waals surface area contributed by atoms with Crippen molar-refractivity contribution < 1.29 is 0 Å². The van der Waals surface area contributed by atoms with Crippen LogP contribution in [0.25, 0.3) is 0 Å². The molecule has 0 aliphatic carbocycles. The van der Waals surface area contributed by atoms with E-state index in [1.807, 2.05) is 0 Å². The van der Waals surface area contributed by atoms with E-state index in [0.717, 1.165) is 11.2 Å². The minimum absolute atomic E-state index is 0.260. The van der Waals surface area contributed by atoms with E-state index in [1.165, 1.54) is 32.3 Å². The molecule has 6 heteroatoms. The molecule has 2 N–H and O–H groups in total. The van der Waals surface area contributed by atoms with Gasteiger partial charge in [0.1, 0.15) is 11.2 Å². The van der Waals surface area contributed by atoms with Crippen LogP contribution in [0.2, 0.25) is 0 Å². The lowest BCUT2D eigenvalue weighted by Gasteiger charge is -2.24. The van der Waals surface area contributed by atoms with Crippen molar-refractivity contribution in [3.8, 4) is 0 Å². The Balaban J connectivity index is 1.50. The second kappa shape index (κ2) is 17.0. The van der Waals surface area contributed by atoms with Crippen molar-refractivity contribution in [2.75, 3.05) is 0 Å². The molecule has 5 aromatic carbocycles. The van der Waals surface area contributed by atoms with Crippen molar-refractivity contribution >= 4 is 48.2 Å². The molecule has 0 amide bonds. The summed E-state index contributed by atoms with van der Waals surface area (Å²) in [4.78, 5) is 10.7. The standard InChI is InChI=1S/C40H44N4P2/c1-31(2)43-39(45(35-21-9-5-10-22-35)36-23-11-6-12-24-36)41-29-33-19-17-18-20-34(33)30-42-40(44-32(3)4)46(37-25-13-7-14-26-37)38-27-15-8-16-28-38/h5-28,31-32H,29-30H2,1-4H3,(H,41,43)(H,42,44). The second-order valence-corrected chi connectivity index (χ2v) is 15.9. The first-order chi connectivity index (χ1) is 22.5. The van der Waals surface area contributed by atoms with Gasteiger partial charge in [-0.05, 0) is 60.0 Å². The molecule has 0 aliphatic heterocycles. The highest BCUT2D eigenvalue weighted by Crippen LogP contribution is 2.36. The molecular weight excluding hydrogens is 598 g/mol. The number of nitrogens with one attached hydrogen (secondary N) is 2. The molecule has 0 radical (unpaired) electrons. The minimum atomic E-state index is -0.837. The van der Waals surface area contributed by atoms with E-state index >= 15 is 0 Å². The molecule has 0 saturated carbocycles. The van der Waals surface area contributed by atoms with Crippen LogP contribution in [0, 0.1) is 0 Å². The predicted octanol–water partition coefficient (Wildman–Crippen LogP) is 7.66. The fraction of sp³-hybridized carbons (Fsp3) is 0.200. The number of benzene rings is 5. The lowest BCUT2D eigenvalue weighted by atomic mass is 10.1. The maximum absolute atomic E-state index is 5.33. The number of nitrogens with zero attached hydrogens (tertiary/aromatic N) is 2. The fourth-order valence-corrected chi connectivity index (χ4v) is 9.81. The van der Waals surface area contributed by atoms with Crippen LogP contribution < -0.4 is 31.9 Å². The number of amidine groups is 2. The lowest BCUT2D eigenvalue weighted by molar-refractivity contribution is 0.734. The van der Waals surface area contributed by atoms with Gasteiger partial charge in [0, 0.05) is 27.9 Å². The topological polar surface area (TPSA) is 48.8 Å². The molecule has 0 aromatic heterocycles. The van der Waals surface area contributed by atoms with Crippen molar-refractivity contribution in [3.05, 3.63) is 157 Å². The first-order valence-corrected chi connectivity index (χ1v) is 18.7. The summed E-state index contributed by atoms with van der Waals surface area (Å²) in [5.41, 5.74) is 4.47. The summed E-state index contributed by atoms with van der Waals surface area (Å²) in [5, 5.41) is 12.6. The molecule has 0 saturated heterocycles. The summed E-state index contributed by atoms with van der Waals surface area (Å²) >= 11 is 0. The van der Waals surface area contributed by atoms with Crippen molar-refractivity contribution in [1.82, 2.24) is 10.6 Å². The van der Waals surface area contributed by atoms with Crippen LogP contribution in [0.4, 0.5) is 0 Å². The van der Waals surface area contributed by atoms with Crippen LogP contribution in [-0.2, 0) is 13.1 Å². The van der Waals surface area contributed by atoms with Crippen LogP contribution in [0.15, 0.2) is 156 Å². The number of hydrogen-bond donors (Lipinski definition) is 2. The smallest absolute Gasteiger partial charge is 0.129 e. The Labute approximate surface area is 277 Å². The Morgan fingerprint density at radius 2 is 0.696 bits per heavy atom. The monoisotopic (exact) mass is 642 g/mol. The van der Waals surface area contributed by atoms with Crippen LogP contribution in [0.5, 0.6) is 0 Å². The largest absolute Gasteiger partial charge is 0.367 e. The number of aliphatic imine (C=N–C) groups is 2. The van der Waals surface area contributed by atoms with Crippen LogP contribution >= 0.6 is 15.8 Å². The van der Waals surface area contributed by atoms with Crippen molar-refractivity contribution in [3.63, 3.8) is 0 Å². The molecule has 0 spiro atoms. The van der Waals surface area contributed by atoms with Gasteiger partial charge in [-0.25, -0.2) is 0 Å². The minimum Gasteiger partial charge on any atom is -0.367 e. The van der Waals surface area contributed by atoms with E-state index in [0.29, 0.717) is 13.1 Å². The Morgan fingerprint density at radius 3 is 0.957 bits per heavy atom. The Hall–Kier alpha value is -4.10. The third kappa shape index (κ3) is 9.23. The summed E-state index contributed by atoms with van der Waals surface area (Å²) in [6.07, 6.45) is 0. The molecule has 5 aromatic rings. The van der Waals surface area contributed by atoms with Crippen LogP contribution in [0.1, 0.15) is 38.8 Å². The van der Waals surface area contributed by atoms with Gasteiger partial charge in [0.2, 0.25) is 0 Å². The Kier molecular flexibility index (Phi) is 12.3. The van der Waals surface area contributed by atoms with Gasteiger partial charge in [-0.15, -0.1) is 0 Å². The van der Waals surface area contributed by atoms with Gasteiger partial charge >= 0.3 is 0 Å². The maximum Gasteiger partial charge on any atom is 0.129 e. The average molecular weight is 643 g/mol. The zero-order valence-corrected chi connectivity index (χ0v) is 29.0. The highest BCUT2D eigenvalue weighted by Gasteiger charge is 2.23. The lowest BCUT2D eigenvalue weighted by Crippen LogP contribution is -2.34. The zero-order chi connectivity index (χ0) is 32.1. The van der Waals surface area contributed by atoms with E-state index in [4.69, 9.17) is 9.98 Å². The molecule has 0 atom stereocenters. The van der Waals surface area contributed by atoms with Gasteiger partial charge in [0.25, 0.3) is 0 Å². The summed E-state index contributed by atoms with van der Waals surface area (Å²) in [6.45, 7) is 9.90. The molecule has 0 unspecified atom stereocenters. The van der Waals surface area contributed by atoms with Gasteiger partial charge < -0.3 is 10.6 Å². The molecular formula is C40H44N4P2. The Bertz CT molecular complexity index is 1480. The van der Waals surface area contributed by atoms with E-state index in [-0.39, 0.29) is 12.1 Å². The molecule has 0 bridgehead atoms. The first kappa shape index (κ1) is 33.3. The van der Waals surface area contributed by atoms with Gasteiger partial charge in [-0.2, -0.15) is 0 Å². The SMILES string of the molecule is CC(C)NC(=NCc1ccccc1CN=C(NC(C)C)P(c1ccccc1)c1ccccc1)P(c1ccccc1)c1ccccc1. The normalized spacial score (nSPS) is 12.3. The fourth-order valence-electron chi connectivity index (χ4n) is 5.16. The van der Waals surface area contributed by atoms with Crippen molar-refractivity contribution in [2.45, 2.75) is 52.9 Å². The van der Waals surface area contributed by atoms with E-state index in [1.54, 1.807) is 0 Å². The summed E-state index contributed by atoms with van der Waals surface area (Å²) < 4.78 is 0. The van der Waals surface area contributed by atoms with Crippen molar-refractivity contribution in [2.24, 2.45) is 9.98 Å². The molecule has 0 fully saturated rings. The predicted molar refractivity (Wildman–Crippen MR) is 203 cm³/mol. The molecule has 0 heterocycles. The molecule has 234 valence electrons. The highest BCUT2D eigenvalue weighted by atomic mass is 31.1. The quantitative estimate of drug-likeness (QED) is 0.0835. The van der Waals surface area contributed by atoms with E-state index in [2.05, 4.69) is 184 Å². The van der Waals surface area contributed by atoms with Gasteiger partial charge in [0.15, 0.2) is 0 Å². The molecule has 5 rings (SSSR count). The number of hydrogen-bond acceptors (Lipinski definition) is 2. The van der Waals surface area contributed by atoms with Gasteiger partial charge in [-0.1, -0.05) is 146 Å². The van der Waals surface area contributed by atoms with Crippen molar-refractivity contribution in [1.29, 1.82) is 0 Å². The molecule has 46 heavy (non-hydrogen) atoms. The van der Waals surface area contributed by atoms with Crippen LogP contribution in [0.3, 0.4) is 0 Å². The highest BCUT2D eigenvalue weighted by molar-refractivity contribution is 7.88. The number of rotatable bonds is 12. The third-order valence-corrected chi connectivity index (χ3v) is 11.9. The van der Waals surface area contributed by atoms with E-state index in [9.17, 15) is 0 Å². The van der Waals surface area contributed by atoms with E-state index < -0.39 is 15.8 Å². The summed E-state index contributed by atoms with van der Waals surface area (Å²) in [5.74, 6) is 0. The maximum atomic E-state index is 5.33. The molecule has 4 nitrogen and oxygen atoms in total. The van der Waals surface area contributed by atoms with Gasteiger partial charge in [0.05, 0.1) is 13.1 Å². The third-order valence-electron chi connectivity index (χ3n) is 7.23. The second-order valence-electron chi connectivity index (χ2n) is 11.7. The molecule has 0 aliphatic rings. The average Bonchev–Trinajstić information content (AvgIpc) is 3.08. The first-order valence-electron chi connectivity index (χ1n) is 16.0. The Morgan fingerprint density at radius 1 is 0.435 bits per heavy atom. The summed E-state index contributed by atoms with van der Waals surface area (Å²) in [7, 11) is -1.67. The van der Waals surface area contributed by atoms with Gasteiger partial charge in [-0.3, -0.25) is 9.98 Å². The zero-order valence-electron chi connectivity index (χ0n) is 27.2.